The van der Waals surface area contributed by atoms with Crippen LogP contribution < -0.4 is 15.7 Å². The third kappa shape index (κ3) is 2.62. The number of amidine groups is 1. The Hall–Kier alpha value is -2.40. The van der Waals surface area contributed by atoms with E-state index < -0.39 is 0 Å². The normalized spacial score (nSPS) is 13.3. The van der Waals surface area contributed by atoms with Crippen molar-refractivity contribution in [1.29, 1.82) is 0 Å². The van der Waals surface area contributed by atoms with Crippen LogP contribution in [0.15, 0.2) is 65.8 Å². The van der Waals surface area contributed by atoms with Crippen LogP contribution in [0.5, 0.6) is 0 Å². The fraction of sp³-hybridized carbons (Fsp3) is 0.0714. The molecule has 0 amide bonds. The molecule has 3 rings (SSSR count). The van der Waals surface area contributed by atoms with Gasteiger partial charge in [-0.2, -0.15) is 5.12 Å². The van der Waals surface area contributed by atoms with Gasteiger partial charge in [0, 0.05) is 0 Å². The molecule has 1 heterocycles. The lowest BCUT2D eigenvalue weighted by Crippen LogP contribution is -2.44. The largest absolute Gasteiger partial charge is 0.466 e. The van der Waals surface area contributed by atoms with E-state index >= 15 is 0 Å². The van der Waals surface area contributed by atoms with E-state index in [9.17, 15) is 0 Å². The zero-order chi connectivity index (χ0) is 13.1. The summed E-state index contributed by atoms with van der Waals surface area (Å²) in [5.74, 6) is 0. The van der Waals surface area contributed by atoms with E-state index in [2.05, 4.69) is 10.5 Å². The molecule has 0 unspecified atom stereocenters. The molecule has 20 heavy (non-hydrogen) atoms. The van der Waals surface area contributed by atoms with Gasteiger partial charge in [0.05, 0.1) is 18.5 Å². The highest BCUT2D eigenvalue weighted by molar-refractivity contribution is 5.85. The lowest BCUT2D eigenvalue weighted by atomic mass is 10.3. The number of hydrazine groups is 2. The van der Waals surface area contributed by atoms with Crippen molar-refractivity contribution in [3.8, 4) is 0 Å². The Kier molecular flexibility index (Phi) is 4.32. The summed E-state index contributed by atoms with van der Waals surface area (Å²) in [6.45, 7) is 0. The maximum absolute atomic E-state index is 5.17. The number of benzene rings is 2. The molecule has 5 nitrogen and oxygen atoms in total. The van der Waals surface area contributed by atoms with Crippen LogP contribution in [0.2, 0.25) is 0 Å². The third-order valence-electron chi connectivity index (χ3n) is 2.76. The summed E-state index contributed by atoms with van der Waals surface area (Å²) in [5, 5.41) is 7.96. The second-order valence-electron chi connectivity index (χ2n) is 3.99. The van der Waals surface area contributed by atoms with E-state index in [1.54, 1.807) is 12.2 Å². The summed E-state index contributed by atoms with van der Waals surface area (Å²) in [5.41, 5.74) is 5.02. The fourth-order valence-electron chi connectivity index (χ4n) is 1.86. The van der Waals surface area contributed by atoms with Gasteiger partial charge in [-0.05, 0) is 24.3 Å². The van der Waals surface area contributed by atoms with Crippen LogP contribution in [-0.4, -0.2) is 13.1 Å². The second-order valence-corrected chi connectivity index (χ2v) is 3.99. The van der Waals surface area contributed by atoms with Gasteiger partial charge in [0.2, 0.25) is 0 Å². The minimum Gasteiger partial charge on any atom is -0.466 e. The molecule has 2 aromatic rings. The van der Waals surface area contributed by atoms with Crippen molar-refractivity contribution in [2.24, 2.45) is 5.10 Å². The van der Waals surface area contributed by atoms with Crippen LogP contribution >= 0.6 is 12.4 Å². The molecule has 0 radical (unpaired) electrons. The number of ether oxygens (including phenoxy) is 1. The smallest absolute Gasteiger partial charge is 0.329 e. The average Bonchev–Trinajstić information content (AvgIpc) is 2.93. The van der Waals surface area contributed by atoms with Crippen LogP contribution in [0.25, 0.3) is 0 Å². The number of halogens is 1. The van der Waals surface area contributed by atoms with Crippen LogP contribution in [0.4, 0.5) is 11.4 Å². The average molecular weight is 291 g/mol. The number of anilines is 2. The van der Waals surface area contributed by atoms with Gasteiger partial charge >= 0.3 is 6.02 Å². The van der Waals surface area contributed by atoms with E-state index in [4.69, 9.17) is 4.74 Å². The van der Waals surface area contributed by atoms with E-state index in [1.165, 1.54) is 0 Å². The number of hydrogen-bond acceptors (Lipinski definition) is 5. The van der Waals surface area contributed by atoms with Crippen LogP contribution in [0.3, 0.4) is 0 Å². The number of para-hydroxylation sites is 2. The van der Waals surface area contributed by atoms with Gasteiger partial charge < -0.3 is 4.74 Å². The van der Waals surface area contributed by atoms with E-state index in [-0.39, 0.29) is 12.4 Å². The molecule has 1 aliphatic rings. The van der Waals surface area contributed by atoms with Crippen molar-refractivity contribution >= 4 is 29.8 Å². The first-order chi connectivity index (χ1) is 9.38. The Morgan fingerprint density at radius 2 is 1.45 bits per heavy atom. The molecule has 0 saturated heterocycles. The highest BCUT2D eigenvalue weighted by Gasteiger charge is 2.25. The van der Waals surface area contributed by atoms with Gasteiger partial charge in [0.25, 0.3) is 0 Å². The third-order valence-corrected chi connectivity index (χ3v) is 2.76. The van der Waals surface area contributed by atoms with E-state index in [1.807, 2.05) is 65.8 Å². The number of hydrogen-bond donors (Lipinski definition) is 1. The highest BCUT2D eigenvalue weighted by Crippen LogP contribution is 2.23. The molecule has 1 N–H and O–H groups in total. The number of rotatable bonds is 2. The molecule has 104 valence electrons. The lowest BCUT2D eigenvalue weighted by Gasteiger charge is -2.27. The zero-order valence-electron chi connectivity index (χ0n) is 10.9. The topological polar surface area (TPSA) is 40.1 Å². The molecule has 1 aliphatic heterocycles. The molecular weight excluding hydrogens is 276 g/mol. The predicted octanol–water partition coefficient (Wildman–Crippen LogP) is 2.77. The van der Waals surface area contributed by atoms with Crippen molar-refractivity contribution in [2.45, 2.75) is 0 Å². The van der Waals surface area contributed by atoms with Gasteiger partial charge in [-0.3, -0.25) is 0 Å². The SMILES string of the molecule is COC1=NN(c2ccccc2)N(c2ccccc2)N1.Cl. The summed E-state index contributed by atoms with van der Waals surface area (Å²) in [4.78, 5) is 0. The molecule has 0 atom stereocenters. The number of methoxy groups -OCH3 is 1. The van der Waals surface area contributed by atoms with Gasteiger partial charge in [-0.1, -0.05) is 41.5 Å². The highest BCUT2D eigenvalue weighted by atomic mass is 35.5. The van der Waals surface area contributed by atoms with Crippen molar-refractivity contribution in [2.75, 3.05) is 17.3 Å². The van der Waals surface area contributed by atoms with Crippen molar-refractivity contribution in [3.05, 3.63) is 60.7 Å². The predicted molar refractivity (Wildman–Crippen MR) is 82.7 cm³/mol. The standard InChI is InChI=1S/C14H14N4O.ClH/c1-19-14-15-17(12-8-4-2-5-9-12)18(16-14)13-10-6-3-7-11-13;/h2-11H,1H3,(H,15,16);1H. The molecule has 0 aromatic heterocycles. The van der Waals surface area contributed by atoms with Crippen LogP contribution in [0, 0.1) is 0 Å². The molecule has 0 fully saturated rings. The first-order valence-electron chi connectivity index (χ1n) is 5.98. The molecule has 6 heteroatoms. The summed E-state index contributed by atoms with van der Waals surface area (Å²) < 4.78 is 5.17. The minimum absolute atomic E-state index is 0. The Balaban J connectivity index is 0.00000147. The van der Waals surface area contributed by atoms with Gasteiger partial charge in [-0.25, -0.2) is 5.43 Å². The molecule has 0 spiro atoms. The summed E-state index contributed by atoms with van der Waals surface area (Å²) >= 11 is 0. The molecule has 0 aliphatic carbocycles. The Morgan fingerprint density at radius 3 is 2.00 bits per heavy atom. The molecule has 0 bridgehead atoms. The number of nitrogens with one attached hydrogen (secondary N) is 1. The zero-order valence-corrected chi connectivity index (χ0v) is 11.7. The van der Waals surface area contributed by atoms with Crippen molar-refractivity contribution in [3.63, 3.8) is 0 Å². The molecule has 2 aromatic carbocycles. The van der Waals surface area contributed by atoms with E-state index in [0.717, 1.165) is 11.4 Å². The Bertz CT molecular complexity index is 576. The van der Waals surface area contributed by atoms with Gasteiger partial charge in [0.15, 0.2) is 0 Å². The van der Waals surface area contributed by atoms with Crippen LogP contribution in [0.1, 0.15) is 0 Å². The second kappa shape index (κ2) is 6.16. The first-order valence-corrected chi connectivity index (χ1v) is 5.98. The fourth-order valence-corrected chi connectivity index (χ4v) is 1.86. The summed E-state index contributed by atoms with van der Waals surface area (Å²) in [6, 6.07) is 20.3. The lowest BCUT2D eigenvalue weighted by molar-refractivity contribution is 0.386. The van der Waals surface area contributed by atoms with Crippen molar-refractivity contribution in [1.82, 2.24) is 5.43 Å². The number of hydrazone groups is 1. The number of nitrogens with zero attached hydrogens (tertiary/aromatic N) is 3. The quantitative estimate of drug-likeness (QED) is 0.923. The van der Waals surface area contributed by atoms with Gasteiger partial charge in [0.1, 0.15) is 0 Å². The monoisotopic (exact) mass is 290 g/mol. The molecule has 0 saturated carbocycles. The molecular formula is C14H15ClN4O. The first kappa shape index (κ1) is 14.0. The Morgan fingerprint density at radius 1 is 0.900 bits per heavy atom. The van der Waals surface area contributed by atoms with Crippen LogP contribution in [-0.2, 0) is 4.74 Å². The summed E-state index contributed by atoms with van der Waals surface area (Å²) in [6.07, 6.45) is 0. The summed E-state index contributed by atoms with van der Waals surface area (Å²) in [7, 11) is 1.59. The van der Waals surface area contributed by atoms with E-state index in [0.29, 0.717) is 6.02 Å². The minimum atomic E-state index is 0. The van der Waals surface area contributed by atoms with Crippen molar-refractivity contribution < 1.29 is 4.74 Å². The maximum atomic E-state index is 5.17. The van der Waals surface area contributed by atoms with Gasteiger partial charge in [-0.15, -0.1) is 17.5 Å². The maximum Gasteiger partial charge on any atom is 0.329 e. The Labute approximate surface area is 123 Å².